The van der Waals surface area contributed by atoms with Crippen LogP contribution in [0.15, 0.2) is 12.1 Å². The monoisotopic (exact) mass is 332 g/mol. The van der Waals surface area contributed by atoms with Gasteiger partial charge in [-0.15, -0.1) is 0 Å². The highest BCUT2D eigenvalue weighted by Gasteiger charge is 2.20. The number of methoxy groups -OCH3 is 1. The molecule has 6 nitrogen and oxygen atoms in total. The summed E-state index contributed by atoms with van der Waals surface area (Å²) in [6, 6.07) is 4.12. The maximum Gasteiger partial charge on any atom is 0.339 e. The lowest BCUT2D eigenvalue weighted by atomic mass is 10.1. The summed E-state index contributed by atoms with van der Waals surface area (Å²) in [6.45, 7) is 0. The molecule has 0 unspecified atom stereocenters. The number of benzene rings is 1. The molecular weight excluding hydrogens is 327 g/mol. The van der Waals surface area contributed by atoms with Gasteiger partial charge in [0.2, 0.25) is 0 Å². The molecule has 0 aromatic heterocycles. The standard InChI is InChI=1S/C9H5IN2O4/c1-16-9(13)6-3-8(12(14)15)7(10)2-5(6)4-11/h2-3H,1H3. The third kappa shape index (κ3) is 2.27. The van der Waals surface area contributed by atoms with Gasteiger partial charge in [-0.2, -0.15) is 5.26 Å². The molecular formula is C9H5IN2O4. The normalized spacial score (nSPS) is 9.31. The molecule has 0 aliphatic carbocycles. The lowest BCUT2D eigenvalue weighted by molar-refractivity contribution is -0.385. The molecule has 0 N–H and O–H groups in total. The van der Waals surface area contributed by atoms with Crippen molar-refractivity contribution in [1.82, 2.24) is 0 Å². The Morgan fingerprint density at radius 2 is 2.25 bits per heavy atom. The van der Waals surface area contributed by atoms with E-state index in [1.807, 2.05) is 0 Å². The number of ether oxygens (including phenoxy) is 1. The van der Waals surface area contributed by atoms with Crippen LogP contribution >= 0.6 is 22.6 Å². The second kappa shape index (κ2) is 4.89. The summed E-state index contributed by atoms with van der Waals surface area (Å²) >= 11 is 1.73. The van der Waals surface area contributed by atoms with E-state index in [2.05, 4.69) is 4.74 Å². The Labute approximate surface area is 104 Å². The molecule has 16 heavy (non-hydrogen) atoms. The van der Waals surface area contributed by atoms with Crippen LogP contribution in [0.1, 0.15) is 15.9 Å². The SMILES string of the molecule is COC(=O)c1cc([N+](=O)[O-])c(I)cc1C#N. The van der Waals surface area contributed by atoms with Gasteiger partial charge in [0, 0.05) is 6.07 Å². The average molecular weight is 332 g/mol. The number of hydrogen-bond acceptors (Lipinski definition) is 5. The van der Waals surface area contributed by atoms with Gasteiger partial charge >= 0.3 is 5.97 Å². The van der Waals surface area contributed by atoms with Gasteiger partial charge in [-0.3, -0.25) is 10.1 Å². The van der Waals surface area contributed by atoms with Gasteiger partial charge in [0.1, 0.15) is 6.07 Å². The van der Waals surface area contributed by atoms with E-state index < -0.39 is 10.9 Å². The minimum atomic E-state index is -0.768. The molecule has 0 fully saturated rings. The van der Waals surface area contributed by atoms with Crippen LogP contribution < -0.4 is 0 Å². The minimum Gasteiger partial charge on any atom is -0.465 e. The third-order valence-electron chi connectivity index (χ3n) is 1.81. The lowest BCUT2D eigenvalue weighted by Crippen LogP contribution is -2.06. The fourth-order valence-electron chi connectivity index (χ4n) is 1.07. The molecule has 0 saturated heterocycles. The Balaban J connectivity index is 3.48. The van der Waals surface area contributed by atoms with Crippen LogP contribution in [0.2, 0.25) is 0 Å². The highest BCUT2D eigenvalue weighted by atomic mass is 127. The van der Waals surface area contributed by atoms with E-state index in [1.165, 1.54) is 6.07 Å². The number of nitro groups is 1. The summed E-state index contributed by atoms with van der Waals surface area (Å²) in [6.07, 6.45) is 0. The first-order chi connectivity index (χ1) is 7.51. The van der Waals surface area contributed by atoms with E-state index >= 15 is 0 Å². The zero-order valence-corrected chi connectivity index (χ0v) is 10.2. The topological polar surface area (TPSA) is 93.2 Å². The molecule has 0 spiro atoms. The van der Waals surface area contributed by atoms with Crippen molar-refractivity contribution in [3.05, 3.63) is 36.9 Å². The summed E-state index contributed by atoms with van der Waals surface area (Å²) < 4.78 is 4.74. The number of nitriles is 1. The number of hydrogen-bond donors (Lipinski definition) is 0. The van der Waals surface area contributed by atoms with Gasteiger partial charge in [-0.05, 0) is 28.7 Å². The predicted molar refractivity (Wildman–Crippen MR) is 61.9 cm³/mol. The van der Waals surface area contributed by atoms with Crippen LogP contribution in [0.5, 0.6) is 0 Å². The number of nitrogens with zero attached hydrogens (tertiary/aromatic N) is 2. The summed E-state index contributed by atoms with van der Waals surface area (Å²) in [5.41, 5.74) is -0.265. The molecule has 0 amide bonds. The maximum atomic E-state index is 11.3. The first kappa shape index (κ1) is 12.4. The van der Waals surface area contributed by atoms with Crippen LogP contribution in [-0.2, 0) is 4.74 Å². The second-order valence-corrected chi connectivity index (χ2v) is 3.87. The van der Waals surface area contributed by atoms with Gasteiger partial charge in [0.05, 0.1) is 26.7 Å². The van der Waals surface area contributed by atoms with Crippen molar-refractivity contribution in [2.75, 3.05) is 7.11 Å². The predicted octanol–water partition coefficient (Wildman–Crippen LogP) is 1.86. The zero-order chi connectivity index (χ0) is 12.3. The van der Waals surface area contributed by atoms with E-state index in [-0.39, 0.29) is 16.8 Å². The molecule has 0 aliphatic rings. The quantitative estimate of drug-likeness (QED) is 0.357. The van der Waals surface area contributed by atoms with Crippen LogP contribution in [0, 0.1) is 25.0 Å². The van der Waals surface area contributed by atoms with Gasteiger partial charge < -0.3 is 4.74 Å². The maximum absolute atomic E-state index is 11.3. The summed E-state index contributed by atoms with van der Waals surface area (Å²) in [4.78, 5) is 21.3. The van der Waals surface area contributed by atoms with E-state index in [1.54, 1.807) is 28.7 Å². The molecule has 1 rings (SSSR count). The molecule has 1 aromatic carbocycles. The zero-order valence-electron chi connectivity index (χ0n) is 8.06. The minimum absolute atomic E-state index is 0.0573. The van der Waals surface area contributed by atoms with Gasteiger partial charge in [0.25, 0.3) is 5.69 Å². The fourth-order valence-corrected chi connectivity index (χ4v) is 1.74. The smallest absolute Gasteiger partial charge is 0.339 e. The van der Waals surface area contributed by atoms with Crippen LogP contribution in [0.3, 0.4) is 0 Å². The van der Waals surface area contributed by atoms with Crippen molar-refractivity contribution in [3.8, 4) is 6.07 Å². The number of esters is 1. The van der Waals surface area contributed by atoms with Crippen molar-refractivity contribution in [3.63, 3.8) is 0 Å². The van der Waals surface area contributed by atoms with Crippen molar-refractivity contribution >= 4 is 34.2 Å². The first-order valence-electron chi connectivity index (χ1n) is 3.97. The molecule has 7 heteroatoms. The van der Waals surface area contributed by atoms with E-state index in [0.29, 0.717) is 3.57 Å². The fraction of sp³-hybridized carbons (Fsp3) is 0.111. The summed E-state index contributed by atoms with van der Waals surface area (Å²) in [7, 11) is 1.15. The van der Waals surface area contributed by atoms with Crippen molar-refractivity contribution in [2.45, 2.75) is 0 Å². The van der Waals surface area contributed by atoms with Crippen LogP contribution in [0.25, 0.3) is 0 Å². The Hall–Kier alpha value is -1.69. The number of halogens is 1. The van der Waals surface area contributed by atoms with Crippen molar-refractivity contribution < 1.29 is 14.5 Å². The largest absolute Gasteiger partial charge is 0.465 e. The van der Waals surface area contributed by atoms with E-state index in [4.69, 9.17) is 5.26 Å². The lowest BCUT2D eigenvalue weighted by Gasteiger charge is -2.03. The Morgan fingerprint density at radius 3 is 2.69 bits per heavy atom. The third-order valence-corrected chi connectivity index (χ3v) is 2.67. The number of rotatable bonds is 2. The molecule has 1 aromatic rings. The highest BCUT2D eigenvalue weighted by molar-refractivity contribution is 14.1. The highest BCUT2D eigenvalue weighted by Crippen LogP contribution is 2.25. The molecule has 82 valence electrons. The van der Waals surface area contributed by atoms with Gasteiger partial charge in [-0.25, -0.2) is 4.79 Å². The van der Waals surface area contributed by atoms with Crippen molar-refractivity contribution in [1.29, 1.82) is 5.26 Å². The van der Waals surface area contributed by atoms with Crippen LogP contribution in [0.4, 0.5) is 5.69 Å². The Bertz CT molecular complexity index is 507. The molecule has 0 saturated carbocycles. The number of nitro benzene ring substituents is 1. The van der Waals surface area contributed by atoms with E-state index in [9.17, 15) is 14.9 Å². The van der Waals surface area contributed by atoms with Gasteiger partial charge in [-0.1, -0.05) is 0 Å². The number of carbonyl (C=O) groups is 1. The molecule has 0 atom stereocenters. The van der Waals surface area contributed by atoms with Crippen molar-refractivity contribution in [2.24, 2.45) is 0 Å². The molecule has 0 bridgehead atoms. The first-order valence-corrected chi connectivity index (χ1v) is 5.05. The van der Waals surface area contributed by atoms with E-state index in [0.717, 1.165) is 13.2 Å². The molecule has 0 radical (unpaired) electrons. The Morgan fingerprint density at radius 1 is 1.62 bits per heavy atom. The average Bonchev–Trinajstić information content (AvgIpc) is 2.27. The molecule has 0 aliphatic heterocycles. The van der Waals surface area contributed by atoms with Gasteiger partial charge in [0.15, 0.2) is 0 Å². The van der Waals surface area contributed by atoms with Crippen LogP contribution in [-0.4, -0.2) is 18.0 Å². The number of carbonyl (C=O) groups excluding carboxylic acids is 1. The Kier molecular flexibility index (Phi) is 3.78. The summed E-state index contributed by atoms with van der Waals surface area (Å²) in [5, 5.41) is 19.4. The summed E-state index contributed by atoms with van der Waals surface area (Å²) in [5.74, 6) is -0.768. The second-order valence-electron chi connectivity index (χ2n) is 2.71. The molecule has 0 heterocycles.